The van der Waals surface area contributed by atoms with Gasteiger partial charge in [0.25, 0.3) is 5.92 Å². The molecule has 2 bridgehead atoms. The number of carbonyl (C=O) groups excluding carboxylic acids is 2. The fourth-order valence-electron chi connectivity index (χ4n) is 3.28. The number of nitrogens with zero attached hydrogens (tertiary/aromatic N) is 1. The first kappa shape index (κ1) is 17.0. The number of hydrogen-bond donors (Lipinski definition) is 0. The van der Waals surface area contributed by atoms with Crippen LogP contribution in [0.5, 0.6) is 0 Å². The van der Waals surface area contributed by atoms with Crippen LogP contribution in [0.1, 0.15) is 47.0 Å². The molecular weight excluding hydrogens is 296 g/mol. The van der Waals surface area contributed by atoms with Crippen molar-refractivity contribution in [3.8, 4) is 0 Å². The highest BCUT2D eigenvalue weighted by Gasteiger charge is 2.61. The van der Waals surface area contributed by atoms with Crippen LogP contribution < -0.4 is 0 Å². The Morgan fingerprint density at radius 1 is 1.27 bits per heavy atom. The third-order valence-electron chi connectivity index (χ3n) is 4.07. The van der Waals surface area contributed by atoms with Crippen molar-refractivity contribution in [2.45, 2.75) is 70.6 Å². The maximum Gasteiger partial charge on any atom is 0.411 e. The van der Waals surface area contributed by atoms with E-state index >= 15 is 0 Å². The summed E-state index contributed by atoms with van der Waals surface area (Å²) >= 11 is 0. The minimum atomic E-state index is -2.96. The molecule has 3 atom stereocenters. The molecule has 0 N–H and O–H groups in total. The third kappa shape index (κ3) is 3.17. The van der Waals surface area contributed by atoms with Crippen LogP contribution in [0.15, 0.2) is 0 Å². The predicted octanol–water partition coefficient (Wildman–Crippen LogP) is 2.97. The molecule has 3 fully saturated rings. The van der Waals surface area contributed by atoms with Gasteiger partial charge in [0.05, 0.1) is 12.5 Å². The van der Waals surface area contributed by atoms with Crippen LogP contribution in [0.4, 0.5) is 13.6 Å². The van der Waals surface area contributed by atoms with E-state index in [2.05, 4.69) is 0 Å². The zero-order valence-electron chi connectivity index (χ0n) is 13.4. The molecule has 0 radical (unpaired) electrons. The second kappa shape index (κ2) is 5.66. The molecule has 1 amide bonds. The molecule has 22 heavy (non-hydrogen) atoms. The Labute approximate surface area is 128 Å². The molecule has 1 saturated carbocycles. The molecule has 2 heterocycles. The zero-order valence-corrected chi connectivity index (χ0v) is 13.4. The number of esters is 1. The van der Waals surface area contributed by atoms with Gasteiger partial charge in [0.1, 0.15) is 11.6 Å². The average molecular weight is 319 g/mol. The highest BCUT2D eigenvalue weighted by molar-refractivity contribution is 5.83. The Morgan fingerprint density at radius 2 is 1.91 bits per heavy atom. The lowest BCUT2D eigenvalue weighted by Crippen LogP contribution is -2.67. The van der Waals surface area contributed by atoms with Gasteiger partial charge in [-0.3, -0.25) is 4.90 Å². The van der Waals surface area contributed by atoms with E-state index in [1.54, 1.807) is 27.7 Å². The quantitative estimate of drug-likeness (QED) is 0.734. The lowest BCUT2D eigenvalue weighted by Gasteiger charge is -2.52. The van der Waals surface area contributed by atoms with Gasteiger partial charge in [-0.25, -0.2) is 18.4 Å². The van der Waals surface area contributed by atoms with Gasteiger partial charge in [-0.1, -0.05) is 0 Å². The van der Waals surface area contributed by atoms with Crippen LogP contribution in [-0.4, -0.2) is 47.2 Å². The lowest BCUT2D eigenvalue weighted by molar-refractivity contribution is -0.195. The summed E-state index contributed by atoms with van der Waals surface area (Å²) in [5.74, 6) is -4.94. The molecule has 0 aromatic rings. The van der Waals surface area contributed by atoms with Crippen molar-refractivity contribution >= 4 is 12.1 Å². The van der Waals surface area contributed by atoms with Crippen molar-refractivity contribution in [2.24, 2.45) is 5.92 Å². The number of halogens is 2. The number of piperidine rings is 2. The summed E-state index contributed by atoms with van der Waals surface area (Å²) in [5, 5.41) is 0. The summed E-state index contributed by atoms with van der Waals surface area (Å²) < 4.78 is 38.5. The fourth-order valence-corrected chi connectivity index (χ4v) is 3.28. The molecule has 2 unspecified atom stereocenters. The summed E-state index contributed by atoms with van der Waals surface area (Å²) in [6.45, 7) is 6.78. The van der Waals surface area contributed by atoms with E-state index in [4.69, 9.17) is 9.47 Å². The SMILES string of the molecule is CCOC(=O)[C@@H]1C2CCC(CC2(F)F)N1C(=O)OC(C)(C)C. The van der Waals surface area contributed by atoms with E-state index in [1.165, 1.54) is 4.90 Å². The highest BCUT2D eigenvalue weighted by atomic mass is 19.3. The third-order valence-corrected chi connectivity index (χ3v) is 4.07. The second-order valence-electron chi connectivity index (χ2n) is 6.89. The Kier molecular flexibility index (Phi) is 4.37. The van der Waals surface area contributed by atoms with Gasteiger partial charge in [-0.2, -0.15) is 0 Å². The first-order chi connectivity index (χ1) is 10.1. The number of fused-ring (bicyclic) bond motifs is 3. The van der Waals surface area contributed by atoms with E-state index in [0.29, 0.717) is 6.42 Å². The van der Waals surface area contributed by atoms with Crippen LogP contribution in [0.3, 0.4) is 0 Å². The van der Waals surface area contributed by atoms with Crippen LogP contribution in [-0.2, 0) is 14.3 Å². The maximum absolute atomic E-state index is 14.1. The largest absolute Gasteiger partial charge is 0.464 e. The first-order valence-electron chi connectivity index (χ1n) is 7.62. The summed E-state index contributed by atoms with van der Waals surface area (Å²) in [4.78, 5) is 25.7. The van der Waals surface area contributed by atoms with Crippen molar-refractivity contribution in [3.63, 3.8) is 0 Å². The van der Waals surface area contributed by atoms with Crippen LogP contribution >= 0.6 is 0 Å². The Hall–Kier alpha value is -1.40. The molecule has 0 aromatic carbocycles. The topological polar surface area (TPSA) is 55.8 Å². The van der Waals surface area contributed by atoms with E-state index in [-0.39, 0.29) is 13.0 Å². The van der Waals surface area contributed by atoms with Gasteiger partial charge in [0.2, 0.25) is 0 Å². The van der Waals surface area contributed by atoms with Crippen molar-refractivity contribution in [1.82, 2.24) is 4.90 Å². The van der Waals surface area contributed by atoms with Crippen molar-refractivity contribution in [3.05, 3.63) is 0 Å². The van der Waals surface area contributed by atoms with Gasteiger partial charge >= 0.3 is 12.1 Å². The fraction of sp³-hybridized carbons (Fsp3) is 0.867. The minimum Gasteiger partial charge on any atom is -0.464 e. The summed E-state index contributed by atoms with van der Waals surface area (Å²) in [6, 6.07) is -1.96. The highest BCUT2D eigenvalue weighted by Crippen LogP contribution is 2.49. The van der Waals surface area contributed by atoms with E-state index in [0.717, 1.165) is 0 Å². The molecule has 7 heteroatoms. The normalized spacial score (nSPS) is 30.1. The summed E-state index contributed by atoms with van der Waals surface area (Å²) in [6.07, 6.45) is -0.487. The molecule has 2 saturated heterocycles. The standard InChI is InChI=1S/C15H23F2NO4/c1-5-21-12(19)11-10-7-6-9(8-15(10,16)17)18(11)13(20)22-14(2,3)4/h9-11H,5-8H2,1-4H3/t9?,10?,11-/m0/s1. The lowest BCUT2D eigenvalue weighted by atomic mass is 9.72. The Balaban J connectivity index is 2.30. The smallest absolute Gasteiger partial charge is 0.411 e. The minimum absolute atomic E-state index is 0.0838. The number of rotatable bonds is 2. The van der Waals surface area contributed by atoms with Gasteiger partial charge < -0.3 is 9.47 Å². The number of carbonyl (C=O) groups is 2. The molecule has 3 aliphatic rings. The van der Waals surface area contributed by atoms with Crippen molar-refractivity contribution < 1.29 is 27.8 Å². The van der Waals surface area contributed by atoms with Crippen LogP contribution in [0.2, 0.25) is 0 Å². The Bertz CT molecular complexity index is 461. The predicted molar refractivity (Wildman–Crippen MR) is 74.6 cm³/mol. The number of amides is 1. The maximum atomic E-state index is 14.1. The van der Waals surface area contributed by atoms with E-state index in [9.17, 15) is 18.4 Å². The summed E-state index contributed by atoms with van der Waals surface area (Å²) in [5.41, 5.74) is -0.754. The second-order valence-corrected chi connectivity index (χ2v) is 6.89. The zero-order chi connectivity index (χ0) is 16.7. The van der Waals surface area contributed by atoms with Gasteiger partial charge in [-0.15, -0.1) is 0 Å². The number of alkyl halides is 2. The van der Waals surface area contributed by atoms with E-state index in [1.807, 2.05) is 0 Å². The average Bonchev–Trinajstić information content (AvgIpc) is 2.35. The molecule has 0 spiro atoms. The summed E-state index contributed by atoms with van der Waals surface area (Å²) in [7, 11) is 0. The molecule has 0 aromatic heterocycles. The molecule has 3 rings (SSSR count). The molecule has 2 aliphatic heterocycles. The molecule has 5 nitrogen and oxygen atoms in total. The van der Waals surface area contributed by atoms with Gasteiger partial charge in [0, 0.05) is 12.5 Å². The van der Waals surface area contributed by atoms with E-state index < -0.39 is 48.0 Å². The molecule has 126 valence electrons. The van der Waals surface area contributed by atoms with Crippen LogP contribution in [0, 0.1) is 5.92 Å². The molecule has 1 aliphatic carbocycles. The first-order valence-corrected chi connectivity index (χ1v) is 7.62. The molecular formula is C15H23F2NO4. The van der Waals surface area contributed by atoms with Crippen molar-refractivity contribution in [2.75, 3.05) is 6.61 Å². The van der Waals surface area contributed by atoms with Crippen LogP contribution in [0.25, 0.3) is 0 Å². The number of ether oxygens (including phenoxy) is 2. The number of hydrogen-bond acceptors (Lipinski definition) is 4. The van der Waals surface area contributed by atoms with Crippen molar-refractivity contribution in [1.29, 1.82) is 0 Å². The van der Waals surface area contributed by atoms with Gasteiger partial charge in [0.15, 0.2) is 0 Å². The Morgan fingerprint density at radius 3 is 2.41 bits per heavy atom. The van der Waals surface area contributed by atoms with Gasteiger partial charge in [-0.05, 0) is 40.5 Å². The monoisotopic (exact) mass is 319 g/mol.